The molecule has 17 heavy (non-hydrogen) atoms. The van der Waals surface area contributed by atoms with Crippen molar-refractivity contribution in [3.8, 4) is 5.75 Å². The van der Waals surface area contributed by atoms with Crippen LogP contribution in [0, 0.1) is 12.8 Å². The molecular formula is C15H21ClO. The highest BCUT2D eigenvalue weighted by Crippen LogP contribution is 2.31. The molecule has 0 bridgehead atoms. The minimum Gasteiger partial charge on any atom is -0.490 e. The fraction of sp³-hybridized carbons (Fsp3) is 0.600. The van der Waals surface area contributed by atoms with Crippen LogP contribution in [0.4, 0.5) is 0 Å². The number of halogens is 1. The molecule has 0 spiro atoms. The molecule has 0 saturated heterocycles. The van der Waals surface area contributed by atoms with Crippen LogP contribution in [-0.4, -0.2) is 6.10 Å². The molecule has 1 aromatic rings. The van der Waals surface area contributed by atoms with Crippen molar-refractivity contribution in [1.29, 1.82) is 0 Å². The van der Waals surface area contributed by atoms with E-state index in [0.29, 0.717) is 6.10 Å². The van der Waals surface area contributed by atoms with Gasteiger partial charge < -0.3 is 4.74 Å². The Labute approximate surface area is 109 Å². The zero-order valence-electron chi connectivity index (χ0n) is 10.7. The van der Waals surface area contributed by atoms with Crippen LogP contribution < -0.4 is 4.74 Å². The van der Waals surface area contributed by atoms with E-state index in [4.69, 9.17) is 16.3 Å². The number of hydrogen-bond donors (Lipinski definition) is 0. The molecule has 94 valence electrons. The van der Waals surface area contributed by atoms with E-state index in [1.807, 2.05) is 18.2 Å². The Kier molecular flexibility index (Phi) is 4.33. The Morgan fingerprint density at radius 1 is 1.24 bits per heavy atom. The lowest BCUT2D eigenvalue weighted by molar-refractivity contribution is 0.129. The summed E-state index contributed by atoms with van der Waals surface area (Å²) in [6.45, 7) is 4.36. The average Bonchev–Trinajstić information content (AvgIpc) is 2.35. The van der Waals surface area contributed by atoms with Gasteiger partial charge in [0.2, 0.25) is 0 Å². The smallest absolute Gasteiger partial charge is 0.124 e. The van der Waals surface area contributed by atoms with E-state index in [0.717, 1.165) is 16.7 Å². The fourth-order valence-corrected chi connectivity index (χ4v) is 2.70. The molecule has 1 aliphatic rings. The summed E-state index contributed by atoms with van der Waals surface area (Å²) in [5.41, 5.74) is 1.17. The maximum atomic E-state index is 6.08. The molecule has 1 fully saturated rings. The second-order valence-electron chi connectivity index (χ2n) is 5.08. The summed E-state index contributed by atoms with van der Waals surface area (Å²) >= 11 is 6.00. The molecule has 0 unspecified atom stereocenters. The van der Waals surface area contributed by atoms with Gasteiger partial charge in [0.15, 0.2) is 0 Å². The normalized spacial score (nSPS) is 24.6. The highest BCUT2D eigenvalue weighted by Gasteiger charge is 2.21. The van der Waals surface area contributed by atoms with Crippen molar-refractivity contribution < 1.29 is 4.74 Å². The van der Waals surface area contributed by atoms with E-state index in [9.17, 15) is 0 Å². The maximum absolute atomic E-state index is 6.08. The van der Waals surface area contributed by atoms with Crippen molar-refractivity contribution in [1.82, 2.24) is 0 Å². The maximum Gasteiger partial charge on any atom is 0.124 e. The average molecular weight is 253 g/mol. The zero-order chi connectivity index (χ0) is 12.3. The van der Waals surface area contributed by atoms with Crippen LogP contribution in [0.25, 0.3) is 0 Å². The van der Waals surface area contributed by atoms with Gasteiger partial charge in [0.1, 0.15) is 5.75 Å². The van der Waals surface area contributed by atoms with Crippen LogP contribution in [0.15, 0.2) is 18.2 Å². The van der Waals surface area contributed by atoms with Crippen molar-refractivity contribution in [2.24, 2.45) is 5.92 Å². The Balaban J connectivity index is 1.95. The Hall–Kier alpha value is -0.690. The van der Waals surface area contributed by atoms with Gasteiger partial charge in [-0.25, -0.2) is 0 Å². The van der Waals surface area contributed by atoms with E-state index >= 15 is 0 Å². The van der Waals surface area contributed by atoms with Crippen molar-refractivity contribution in [2.45, 2.75) is 52.1 Å². The molecule has 0 N–H and O–H groups in total. The van der Waals surface area contributed by atoms with E-state index in [1.165, 1.54) is 37.7 Å². The first-order valence-corrected chi connectivity index (χ1v) is 6.99. The molecule has 0 amide bonds. The molecule has 0 aromatic heterocycles. The quantitative estimate of drug-likeness (QED) is 0.736. The molecule has 0 heterocycles. The fourth-order valence-electron chi connectivity index (χ4n) is 2.54. The van der Waals surface area contributed by atoms with Crippen molar-refractivity contribution in [3.05, 3.63) is 28.8 Å². The van der Waals surface area contributed by atoms with Crippen LogP contribution in [0.1, 0.15) is 44.6 Å². The molecule has 0 atom stereocenters. The summed E-state index contributed by atoms with van der Waals surface area (Å²) < 4.78 is 6.08. The van der Waals surface area contributed by atoms with Gasteiger partial charge in [0, 0.05) is 5.02 Å². The predicted octanol–water partition coefficient (Wildman–Crippen LogP) is 5.00. The Morgan fingerprint density at radius 3 is 2.59 bits per heavy atom. The number of rotatable bonds is 3. The standard InChI is InChI=1S/C15H21ClO/c1-3-12-5-8-14(9-6-12)17-15-10-13(16)7-4-11(15)2/h4,7,10,12,14H,3,5-6,8-9H2,1-2H3. The topological polar surface area (TPSA) is 9.23 Å². The second-order valence-corrected chi connectivity index (χ2v) is 5.52. The first-order valence-electron chi connectivity index (χ1n) is 6.62. The van der Waals surface area contributed by atoms with Crippen LogP contribution in [0.3, 0.4) is 0 Å². The first kappa shape index (κ1) is 12.8. The molecule has 1 nitrogen and oxygen atoms in total. The SMILES string of the molecule is CCC1CCC(Oc2cc(Cl)ccc2C)CC1. The molecule has 1 saturated carbocycles. The van der Waals surface area contributed by atoms with Crippen LogP contribution >= 0.6 is 11.6 Å². The van der Waals surface area contributed by atoms with Gasteiger partial charge in [-0.3, -0.25) is 0 Å². The minimum atomic E-state index is 0.384. The van der Waals surface area contributed by atoms with Crippen molar-refractivity contribution >= 4 is 11.6 Å². The summed E-state index contributed by atoms with van der Waals surface area (Å²) in [5, 5.41) is 0.757. The number of benzene rings is 1. The molecule has 0 radical (unpaired) electrons. The molecule has 1 aromatic carbocycles. The third-order valence-corrected chi connectivity index (χ3v) is 4.05. The van der Waals surface area contributed by atoms with Gasteiger partial charge in [-0.15, -0.1) is 0 Å². The van der Waals surface area contributed by atoms with E-state index in [-0.39, 0.29) is 0 Å². The molecule has 0 aliphatic heterocycles. The highest BCUT2D eigenvalue weighted by molar-refractivity contribution is 6.30. The first-order chi connectivity index (χ1) is 8.19. The third kappa shape index (κ3) is 3.38. The Morgan fingerprint density at radius 2 is 1.94 bits per heavy atom. The van der Waals surface area contributed by atoms with Gasteiger partial charge in [-0.2, -0.15) is 0 Å². The summed E-state index contributed by atoms with van der Waals surface area (Å²) in [7, 11) is 0. The van der Waals surface area contributed by atoms with Crippen LogP contribution in [0.2, 0.25) is 5.02 Å². The van der Waals surface area contributed by atoms with Gasteiger partial charge in [-0.1, -0.05) is 31.0 Å². The zero-order valence-corrected chi connectivity index (χ0v) is 11.5. The largest absolute Gasteiger partial charge is 0.490 e. The van der Waals surface area contributed by atoms with E-state index < -0.39 is 0 Å². The lowest BCUT2D eigenvalue weighted by Gasteiger charge is -2.28. The predicted molar refractivity (Wildman–Crippen MR) is 72.9 cm³/mol. The highest BCUT2D eigenvalue weighted by atomic mass is 35.5. The summed E-state index contributed by atoms with van der Waals surface area (Å²) in [5.74, 6) is 1.87. The second kappa shape index (κ2) is 5.77. The number of hydrogen-bond acceptors (Lipinski definition) is 1. The van der Waals surface area contributed by atoms with Crippen molar-refractivity contribution in [2.75, 3.05) is 0 Å². The van der Waals surface area contributed by atoms with Crippen LogP contribution in [-0.2, 0) is 0 Å². The summed E-state index contributed by atoms with van der Waals surface area (Å²) in [6, 6.07) is 5.87. The minimum absolute atomic E-state index is 0.384. The Bertz CT molecular complexity index is 367. The lowest BCUT2D eigenvalue weighted by Crippen LogP contribution is -2.24. The van der Waals surface area contributed by atoms with E-state index in [1.54, 1.807) is 0 Å². The lowest BCUT2D eigenvalue weighted by atomic mass is 9.86. The summed E-state index contributed by atoms with van der Waals surface area (Å²) in [4.78, 5) is 0. The molecule has 1 aliphatic carbocycles. The summed E-state index contributed by atoms with van der Waals surface area (Å²) in [6.07, 6.45) is 6.68. The monoisotopic (exact) mass is 252 g/mol. The van der Waals surface area contributed by atoms with Gasteiger partial charge in [0.05, 0.1) is 6.10 Å². The van der Waals surface area contributed by atoms with E-state index in [2.05, 4.69) is 13.8 Å². The molecular weight excluding hydrogens is 232 g/mol. The van der Waals surface area contributed by atoms with Gasteiger partial charge in [0.25, 0.3) is 0 Å². The number of ether oxygens (including phenoxy) is 1. The third-order valence-electron chi connectivity index (χ3n) is 3.81. The van der Waals surface area contributed by atoms with Crippen molar-refractivity contribution in [3.63, 3.8) is 0 Å². The van der Waals surface area contributed by atoms with Crippen LogP contribution in [0.5, 0.6) is 5.75 Å². The number of aryl methyl sites for hydroxylation is 1. The molecule has 2 rings (SSSR count). The molecule has 2 heteroatoms. The van der Waals surface area contributed by atoms with Gasteiger partial charge in [-0.05, 0) is 56.2 Å². The van der Waals surface area contributed by atoms with Gasteiger partial charge >= 0.3 is 0 Å².